The van der Waals surface area contributed by atoms with Gasteiger partial charge in [0.05, 0.1) is 0 Å². The van der Waals surface area contributed by atoms with Gasteiger partial charge in [-0.2, -0.15) is 0 Å². The third kappa shape index (κ3) is 5.00. The van der Waals surface area contributed by atoms with Crippen LogP contribution in [0.3, 0.4) is 0 Å². The SMILES string of the molecule is CCO[Si](Cl)(CCC1CC=CCC1)OCC. The molecule has 0 saturated carbocycles. The van der Waals surface area contributed by atoms with Gasteiger partial charge in [0.1, 0.15) is 0 Å². The smallest absolute Gasteiger partial charge is 0.383 e. The van der Waals surface area contributed by atoms with Crippen LogP contribution >= 0.6 is 11.1 Å². The standard InChI is InChI=1S/C12H23ClO2Si/c1-3-14-16(13,15-4-2)11-10-12-8-6-5-7-9-12/h5-6,12H,3-4,7-11H2,1-2H3. The molecule has 0 amide bonds. The van der Waals surface area contributed by atoms with Crippen LogP contribution in [0.2, 0.25) is 6.04 Å². The fourth-order valence-electron chi connectivity index (χ4n) is 2.11. The van der Waals surface area contributed by atoms with Crippen LogP contribution < -0.4 is 0 Å². The van der Waals surface area contributed by atoms with Gasteiger partial charge in [-0.3, -0.25) is 0 Å². The molecular weight excluding hydrogens is 240 g/mol. The molecule has 0 aromatic rings. The molecule has 1 atom stereocenters. The predicted molar refractivity (Wildman–Crippen MR) is 70.8 cm³/mol. The Hall–Kier alpha value is 0.167. The zero-order chi connectivity index (χ0) is 11.9. The van der Waals surface area contributed by atoms with Crippen molar-refractivity contribution in [1.82, 2.24) is 0 Å². The van der Waals surface area contributed by atoms with Crippen molar-refractivity contribution in [1.29, 1.82) is 0 Å². The van der Waals surface area contributed by atoms with Gasteiger partial charge in [0.25, 0.3) is 0 Å². The van der Waals surface area contributed by atoms with Gasteiger partial charge in [0.15, 0.2) is 0 Å². The maximum Gasteiger partial charge on any atom is 0.443 e. The van der Waals surface area contributed by atoms with Crippen molar-refractivity contribution in [2.75, 3.05) is 13.2 Å². The largest absolute Gasteiger partial charge is 0.443 e. The highest BCUT2D eigenvalue weighted by Gasteiger charge is 2.35. The van der Waals surface area contributed by atoms with Crippen LogP contribution in [0.4, 0.5) is 0 Å². The number of hydrogen-bond donors (Lipinski definition) is 0. The first-order valence-electron chi connectivity index (χ1n) is 6.32. The average molecular weight is 263 g/mol. The summed E-state index contributed by atoms with van der Waals surface area (Å²) in [6, 6.07) is 0.911. The summed E-state index contributed by atoms with van der Waals surface area (Å²) in [6.07, 6.45) is 9.39. The Labute approximate surface area is 105 Å². The lowest BCUT2D eigenvalue weighted by Crippen LogP contribution is -2.36. The molecule has 4 heteroatoms. The number of hydrogen-bond acceptors (Lipinski definition) is 2. The maximum absolute atomic E-state index is 6.44. The van der Waals surface area contributed by atoms with Crippen LogP contribution in [0.25, 0.3) is 0 Å². The molecular formula is C12H23ClO2Si. The molecule has 0 aromatic heterocycles. The summed E-state index contributed by atoms with van der Waals surface area (Å²) in [7, 11) is -2.39. The molecule has 0 radical (unpaired) electrons. The second-order valence-corrected chi connectivity index (χ2v) is 8.34. The highest BCUT2D eigenvalue weighted by molar-refractivity contribution is 7.12. The van der Waals surface area contributed by atoms with E-state index >= 15 is 0 Å². The second-order valence-electron chi connectivity index (χ2n) is 4.22. The summed E-state index contributed by atoms with van der Waals surface area (Å²) in [5.41, 5.74) is 0. The maximum atomic E-state index is 6.44. The molecule has 2 nitrogen and oxygen atoms in total. The molecule has 1 aliphatic carbocycles. The van der Waals surface area contributed by atoms with Crippen molar-refractivity contribution in [3.8, 4) is 0 Å². The predicted octanol–water partition coefficient (Wildman–Crippen LogP) is 3.98. The first kappa shape index (κ1) is 14.2. The minimum Gasteiger partial charge on any atom is -0.383 e. The van der Waals surface area contributed by atoms with E-state index in [2.05, 4.69) is 12.2 Å². The van der Waals surface area contributed by atoms with E-state index in [1.165, 1.54) is 19.3 Å². The van der Waals surface area contributed by atoms with Gasteiger partial charge in [-0.25, -0.2) is 0 Å². The quantitative estimate of drug-likeness (QED) is 0.393. The molecule has 0 aliphatic heterocycles. The zero-order valence-corrected chi connectivity index (χ0v) is 12.1. The fourth-order valence-corrected chi connectivity index (χ4v) is 5.08. The fraction of sp³-hybridized carbons (Fsp3) is 0.833. The second kappa shape index (κ2) is 7.48. The molecule has 1 aliphatic rings. The molecule has 0 fully saturated rings. The molecule has 0 bridgehead atoms. The third-order valence-corrected chi connectivity index (χ3v) is 6.50. The third-order valence-electron chi connectivity index (χ3n) is 2.95. The van der Waals surface area contributed by atoms with Crippen molar-refractivity contribution in [3.05, 3.63) is 12.2 Å². The normalized spacial score (nSPS) is 21.3. The lowest BCUT2D eigenvalue weighted by molar-refractivity contribution is 0.200. The van der Waals surface area contributed by atoms with Gasteiger partial charge in [0, 0.05) is 19.3 Å². The zero-order valence-electron chi connectivity index (χ0n) is 10.4. The van der Waals surface area contributed by atoms with E-state index in [0.29, 0.717) is 13.2 Å². The lowest BCUT2D eigenvalue weighted by atomic mass is 9.92. The van der Waals surface area contributed by atoms with Crippen molar-refractivity contribution in [3.63, 3.8) is 0 Å². The molecule has 0 heterocycles. The Morgan fingerprint density at radius 1 is 1.25 bits per heavy atom. The van der Waals surface area contributed by atoms with Gasteiger partial charge in [0.2, 0.25) is 0 Å². The Balaban J connectivity index is 2.33. The average Bonchev–Trinajstić information content (AvgIpc) is 2.29. The van der Waals surface area contributed by atoms with E-state index < -0.39 is 7.87 Å². The van der Waals surface area contributed by atoms with Gasteiger partial charge >= 0.3 is 7.87 Å². The van der Waals surface area contributed by atoms with Gasteiger partial charge in [-0.1, -0.05) is 23.2 Å². The highest BCUT2D eigenvalue weighted by Crippen LogP contribution is 2.29. The van der Waals surface area contributed by atoms with Crippen LogP contribution in [0, 0.1) is 5.92 Å². The highest BCUT2D eigenvalue weighted by atomic mass is 35.6. The summed E-state index contributed by atoms with van der Waals surface area (Å²) < 4.78 is 11.3. The Kier molecular flexibility index (Phi) is 6.66. The first-order valence-corrected chi connectivity index (χ1v) is 9.35. The van der Waals surface area contributed by atoms with Crippen LogP contribution in [-0.2, 0) is 8.85 Å². The van der Waals surface area contributed by atoms with Gasteiger partial charge in [-0.05, 0) is 45.4 Å². The summed E-state index contributed by atoms with van der Waals surface area (Å²) >= 11 is 6.44. The van der Waals surface area contributed by atoms with E-state index in [1.807, 2.05) is 13.8 Å². The van der Waals surface area contributed by atoms with Crippen molar-refractivity contribution in [2.45, 2.75) is 45.6 Å². The van der Waals surface area contributed by atoms with Gasteiger partial charge < -0.3 is 8.85 Å². The Morgan fingerprint density at radius 3 is 2.44 bits per heavy atom. The van der Waals surface area contributed by atoms with Crippen LogP contribution in [-0.4, -0.2) is 21.1 Å². The minimum absolute atomic E-state index is 0.653. The van der Waals surface area contributed by atoms with Crippen molar-refractivity contribution < 1.29 is 8.85 Å². The molecule has 1 rings (SSSR count). The topological polar surface area (TPSA) is 18.5 Å². The van der Waals surface area contributed by atoms with Gasteiger partial charge in [-0.15, -0.1) is 0 Å². The van der Waals surface area contributed by atoms with Crippen LogP contribution in [0.15, 0.2) is 12.2 Å². The van der Waals surface area contributed by atoms with Crippen molar-refractivity contribution >= 4 is 18.9 Å². The number of rotatable bonds is 7. The van der Waals surface area contributed by atoms with E-state index in [1.54, 1.807) is 0 Å². The summed E-state index contributed by atoms with van der Waals surface area (Å²) in [4.78, 5) is 0. The summed E-state index contributed by atoms with van der Waals surface area (Å²) in [6.45, 7) is 5.26. The van der Waals surface area contributed by atoms with E-state index in [-0.39, 0.29) is 0 Å². The molecule has 94 valence electrons. The van der Waals surface area contributed by atoms with Crippen molar-refractivity contribution in [2.24, 2.45) is 5.92 Å². The summed E-state index contributed by atoms with van der Waals surface area (Å²) in [5.74, 6) is 0.775. The molecule has 0 N–H and O–H groups in total. The molecule has 0 aromatic carbocycles. The molecule has 0 spiro atoms. The monoisotopic (exact) mass is 262 g/mol. The van der Waals surface area contributed by atoms with Crippen LogP contribution in [0.1, 0.15) is 39.5 Å². The van der Waals surface area contributed by atoms with E-state index in [4.69, 9.17) is 19.9 Å². The molecule has 1 unspecified atom stereocenters. The summed E-state index contributed by atoms with van der Waals surface area (Å²) in [5, 5.41) is 0. The van der Waals surface area contributed by atoms with Crippen LogP contribution in [0.5, 0.6) is 0 Å². The number of allylic oxidation sites excluding steroid dienone is 2. The first-order chi connectivity index (χ1) is 7.70. The van der Waals surface area contributed by atoms with E-state index in [0.717, 1.165) is 18.4 Å². The number of halogens is 1. The molecule has 0 saturated heterocycles. The minimum atomic E-state index is -2.39. The Morgan fingerprint density at radius 2 is 1.94 bits per heavy atom. The Bertz CT molecular complexity index is 215. The molecule has 16 heavy (non-hydrogen) atoms. The van der Waals surface area contributed by atoms with E-state index in [9.17, 15) is 0 Å². The lowest BCUT2D eigenvalue weighted by Gasteiger charge is -2.25.